The molecule has 0 saturated carbocycles. The van der Waals surface area contributed by atoms with Crippen LogP contribution < -0.4 is 14.8 Å². The minimum absolute atomic E-state index is 0.227. The Morgan fingerprint density at radius 1 is 1.11 bits per heavy atom. The largest absolute Gasteiger partial charge is 0.493 e. The number of carbonyl (C=O) groups excluding carboxylic acids is 1. The number of amides is 1. The number of aryl methyl sites for hydroxylation is 1. The van der Waals surface area contributed by atoms with E-state index in [2.05, 4.69) is 12.2 Å². The van der Waals surface area contributed by atoms with Crippen molar-refractivity contribution in [1.29, 1.82) is 0 Å². The maximum absolute atomic E-state index is 12.1. The minimum atomic E-state index is -0.227. The van der Waals surface area contributed by atoms with Gasteiger partial charge in [0, 0.05) is 16.8 Å². The monoisotopic (exact) mass is 401 g/mol. The number of anilines is 1. The van der Waals surface area contributed by atoms with Gasteiger partial charge in [0.2, 0.25) is 5.91 Å². The summed E-state index contributed by atoms with van der Waals surface area (Å²) in [4.78, 5) is 12.1. The smallest absolute Gasteiger partial charge is 0.248 e. The molecular weight excluding hydrogens is 374 g/mol. The number of ether oxygens (including phenoxy) is 2. The molecule has 0 aliphatic rings. The van der Waals surface area contributed by atoms with Crippen molar-refractivity contribution in [2.75, 3.05) is 19.0 Å². The molecule has 2 aromatic carbocycles. The van der Waals surface area contributed by atoms with Crippen LogP contribution in [0, 0.1) is 6.92 Å². The van der Waals surface area contributed by atoms with Gasteiger partial charge < -0.3 is 14.8 Å². The van der Waals surface area contributed by atoms with Crippen molar-refractivity contribution in [2.24, 2.45) is 0 Å². The van der Waals surface area contributed by atoms with Gasteiger partial charge in [-0.05, 0) is 54.8 Å². The maximum atomic E-state index is 12.1. The van der Waals surface area contributed by atoms with Gasteiger partial charge in [-0.15, -0.1) is 0 Å². The van der Waals surface area contributed by atoms with Crippen LogP contribution >= 0.6 is 11.6 Å². The Balaban J connectivity index is 1.94. The van der Waals surface area contributed by atoms with Crippen molar-refractivity contribution in [2.45, 2.75) is 39.5 Å². The molecule has 4 nitrogen and oxygen atoms in total. The summed E-state index contributed by atoms with van der Waals surface area (Å²) >= 11 is 6.08. The molecule has 0 saturated heterocycles. The normalized spacial score (nSPS) is 10.9. The second kappa shape index (κ2) is 11.4. The van der Waals surface area contributed by atoms with E-state index >= 15 is 0 Å². The zero-order chi connectivity index (χ0) is 20.4. The summed E-state index contributed by atoms with van der Waals surface area (Å²) in [5.41, 5.74) is 2.48. The number of carbonyl (C=O) groups is 1. The van der Waals surface area contributed by atoms with Crippen molar-refractivity contribution in [3.63, 3.8) is 0 Å². The summed E-state index contributed by atoms with van der Waals surface area (Å²) < 4.78 is 11.2. The molecule has 1 N–H and O–H groups in total. The van der Waals surface area contributed by atoms with Crippen molar-refractivity contribution in [3.05, 3.63) is 58.6 Å². The first-order valence-electron chi connectivity index (χ1n) is 9.59. The third-order valence-electron chi connectivity index (χ3n) is 4.31. The molecular formula is C23H28ClNO3. The molecule has 0 aliphatic carbocycles. The van der Waals surface area contributed by atoms with E-state index in [1.54, 1.807) is 19.3 Å². The highest BCUT2D eigenvalue weighted by atomic mass is 35.5. The van der Waals surface area contributed by atoms with Gasteiger partial charge in [0.25, 0.3) is 0 Å². The van der Waals surface area contributed by atoms with Gasteiger partial charge in [0.1, 0.15) is 0 Å². The number of nitrogens with one attached hydrogen (secondary N) is 1. The van der Waals surface area contributed by atoms with E-state index in [1.165, 1.54) is 25.3 Å². The van der Waals surface area contributed by atoms with Crippen molar-refractivity contribution in [3.8, 4) is 11.5 Å². The first-order chi connectivity index (χ1) is 13.5. The average molecular weight is 402 g/mol. The van der Waals surface area contributed by atoms with E-state index in [0.29, 0.717) is 23.1 Å². The van der Waals surface area contributed by atoms with Crippen LogP contribution in [0.25, 0.3) is 6.08 Å². The van der Waals surface area contributed by atoms with Crippen LogP contribution in [-0.4, -0.2) is 19.6 Å². The Labute approximate surface area is 172 Å². The Kier molecular flexibility index (Phi) is 8.89. The lowest BCUT2D eigenvalue weighted by atomic mass is 10.1. The summed E-state index contributed by atoms with van der Waals surface area (Å²) in [5.74, 6) is 1.15. The van der Waals surface area contributed by atoms with Crippen LogP contribution in [0.1, 0.15) is 43.7 Å². The van der Waals surface area contributed by atoms with Gasteiger partial charge >= 0.3 is 0 Å². The van der Waals surface area contributed by atoms with Crippen LogP contribution in [0.3, 0.4) is 0 Å². The van der Waals surface area contributed by atoms with E-state index in [4.69, 9.17) is 21.1 Å². The van der Waals surface area contributed by atoms with Crippen molar-refractivity contribution < 1.29 is 14.3 Å². The molecule has 2 rings (SSSR count). The number of benzene rings is 2. The Bertz CT molecular complexity index is 817. The maximum Gasteiger partial charge on any atom is 0.248 e. The summed E-state index contributed by atoms with van der Waals surface area (Å²) in [7, 11) is 1.61. The fourth-order valence-corrected chi connectivity index (χ4v) is 2.83. The molecule has 28 heavy (non-hydrogen) atoms. The fraction of sp³-hybridized carbons (Fsp3) is 0.348. The number of hydrogen-bond acceptors (Lipinski definition) is 3. The van der Waals surface area contributed by atoms with Gasteiger partial charge in [-0.3, -0.25) is 4.79 Å². The highest BCUT2D eigenvalue weighted by Crippen LogP contribution is 2.29. The van der Waals surface area contributed by atoms with Crippen molar-refractivity contribution in [1.82, 2.24) is 0 Å². The summed E-state index contributed by atoms with van der Waals surface area (Å²) in [6.07, 6.45) is 7.84. The van der Waals surface area contributed by atoms with Gasteiger partial charge in [0.05, 0.1) is 13.7 Å². The number of unbranched alkanes of at least 4 members (excludes halogenated alkanes) is 3. The molecule has 0 aromatic heterocycles. The standard InChI is InChI=1S/C23H28ClNO3/c1-4-5-6-7-14-28-21-12-9-18(15-22(21)27-3)10-13-23(26)25-19-11-8-17(2)20(24)16-19/h8-13,15-16H,4-7,14H2,1-3H3,(H,25,26)/b13-10+. The first-order valence-corrected chi connectivity index (χ1v) is 9.97. The lowest BCUT2D eigenvalue weighted by Crippen LogP contribution is -2.07. The SMILES string of the molecule is CCCCCCOc1ccc(/C=C/C(=O)Nc2ccc(C)c(Cl)c2)cc1OC. The zero-order valence-corrected chi connectivity index (χ0v) is 17.5. The molecule has 0 heterocycles. The molecule has 2 aromatic rings. The quantitative estimate of drug-likeness (QED) is 0.377. The third-order valence-corrected chi connectivity index (χ3v) is 4.72. The Hall–Kier alpha value is -2.46. The number of hydrogen-bond donors (Lipinski definition) is 1. The van der Waals surface area contributed by atoms with Crippen molar-refractivity contribution >= 4 is 29.3 Å². The molecule has 0 atom stereocenters. The highest BCUT2D eigenvalue weighted by Gasteiger charge is 2.06. The second-order valence-electron chi connectivity index (χ2n) is 6.61. The highest BCUT2D eigenvalue weighted by molar-refractivity contribution is 6.31. The molecule has 5 heteroatoms. The lowest BCUT2D eigenvalue weighted by Gasteiger charge is -2.11. The predicted octanol–water partition coefficient (Wildman–Crippen LogP) is 6.27. The van der Waals surface area contributed by atoms with Gasteiger partial charge in [-0.25, -0.2) is 0 Å². The predicted molar refractivity (Wildman–Crippen MR) is 116 cm³/mol. The van der Waals surface area contributed by atoms with E-state index in [1.807, 2.05) is 37.3 Å². The number of methoxy groups -OCH3 is 1. The molecule has 0 spiro atoms. The number of rotatable bonds is 10. The lowest BCUT2D eigenvalue weighted by molar-refractivity contribution is -0.111. The van der Waals surface area contributed by atoms with Crippen LogP contribution in [0.15, 0.2) is 42.5 Å². The Morgan fingerprint density at radius 3 is 2.64 bits per heavy atom. The van der Waals surface area contributed by atoms with Crippen LogP contribution in [-0.2, 0) is 4.79 Å². The topological polar surface area (TPSA) is 47.6 Å². The summed E-state index contributed by atoms with van der Waals surface area (Å²) in [5, 5.41) is 3.42. The third kappa shape index (κ3) is 6.93. The van der Waals surface area contributed by atoms with Gasteiger partial charge in [-0.2, -0.15) is 0 Å². The number of halogens is 1. The van der Waals surface area contributed by atoms with Crippen LogP contribution in [0.2, 0.25) is 5.02 Å². The molecule has 0 bridgehead atoms. The minimum Gasteiger partial charge on any atom is -0.493 e. The molecule has 1 amide bonds. The first kappa shape index (κ1) is 21.8. The van der Waals surface area contributed by atoms with E-state index < -0.39 is 0 Å². The fourth-order valence-electron chi connectivity index (χ4n) is 2.64. The Morgan fingerprint density at radius 2 is 1.93 bits per heavy atom. The van der Waals surface area contributed by atoms with E-state index in [-0.39, 0.29) is 5.91 Å². The molecule has 0 unspecified atom stereocenters. The molecule has 0 radical (unpaired) electrons. The van der Waals surface area contributed by atoms with Gasteiger partial charge in [0.15, 0.2) is 11.5 Å². The zero-order valence-electron chi connectivity index (χ0n) is 16.8. The van der Waals surface area contributed by atoms with Crippen LogP contribution in [0.5, 0.6) is 11.5 Å². The van der Waals surface area contributed by atoms with E-state index in [9.17, 15) is 4.79 Å². The molecule has 0 fully saturated rings. The molecule has 150 valence electrons. The average Bonchev–Trinajstić information content (AvgIpc) is 2.69. The second-order valence-corrected chi connectivity index (χ2v) is 7.01. The van der Waals surface area contributed by atoms with Gasteiger partial charge in [-0.1, -0.05) is 49.9 Å². The van der Waals surface area contributed by atoms with Crippen LogP contribution in [0.4, 0.5) is 5.69 Å². The molecule has 0 aliphatic heterocycles. The van der Waals surface area contributed by atoms with E-state index in [0.717, 1.165) is 23.3 Å². The summed E-state index contributed by atoms with van der Waals surface area (Å²) in [6, 6.07) is 11.1. The summed E-state index contributed by atoms with van der Waals surface area (Å²) in [6.45, 7) is 4.78.